The second-order valence-corrected chi connectivity index (χ2v) is 6.88. The Morgan fingerprint density at radius 2 is 1.57 bits per heavy atom. The Morgan fingerprint density at radius 1 is 0.739 bits per heavy atom. The van der Waals surface area contributed by atoms with Crippen molar-refractivity contribution in [2.24, 2.45) is 0 Å². The van der Waals surface area contributed by atoms with Crippen molar-refractivity contribution < 1.29 is 0 Å². The van der Waals surface area contributed by atoms with Crippen LogP contribution in [-0.4, -0.2) is 0 Å². The van der Waals surface area contributed by atoms with Crippen molar-refractivity contribution in [3.63, 3.8) is 0 Å². The van der Waals surface area contributed by atoms with Gasteiger partial charge in [-0.2, -0.15) is 0 Å². The molecule has 0 radical (unpaired) electrons. The number of hydrogen-bond acceptors (Lipinski definition) is 0. The summed E-state index contributed by atoms with van der Waals surface area (Å²) >= 11 is 6.13. The molecule has 4 aromatic carbocycles. The van der Waals surface area contributed by atoms with Crippen LogP contribution in [0.15, 0.2) is 60.7 Å². The molecule has 0 bridgehead atoms. The summed E-state index contributed by atoms with van der Waals surface area (Å²) in [5, 5.41) is 8.48. The van der Waals surface area contributed by atoms with E-state index in [1.54, 1.807) is 0 Å². The van der Waals surface area contributed by atoms with Gasteiger partial charge in [0, 0.05) is 5.02 Å². The molecule has 0 nitrogen and oxygen atoms in total. The second-order valence-electron chi connectivity index (χ2n) is 6.44. The van der Waals surface area contributed by atoms with Crippen LogP contribution < -0.4 is 0 Å². The molecule has 0 aromatic heterocycles. The van der Waals surface area contributed by atoms with E-state index in [9.17, 15) is 0 Å². The Hall–Kier alpha value is -2.31. The molecular formula is C22H15Cl. The smallest absolute Gasteiger partial charge is 0.0412 e. The molecule has 1 aliphatic carbocycles. The fourth-order valence-corrected chi connectivity index (χ4v) is 4.01. The molecule has 0 heterocycles. The lowest BCUT2D eigenvalue weighted by Crippen LogP contribution is -1.89. The maximum atomic E-state index is 6.13. The molecule has 1 aliphatic rings. The first-order chi connectivity index (χ1) is 11.2. The summed E-state index contributed by atoms with van der Waals surface area (Å²) in [6.07, 6.45) is 4.56. The molecule has 0 spiro atoms. The molecule has 0 aliphatic heterocycles. The topological polar surface area (TPSA) is 0 Å². The molecule has 1 heteroatoms. The van der Waals surface area contributed by atoms with Crippen LogP contribution in [0.2, 0.25) is 5.02 Å². The van der Waals surface area contributed by atoms with E-state index in [1.165, 1.54) is 43.4 Å². The summed E-state index contributed by atoms with van der Waals surface area (Å²) in [7, 11) is 0. The minimum atomic E-state index is 0.517. The van der Waals surface area contributed by atoms with Gasteiger partial charge in [0.2, 0.25) is 0 Å². The van der Waals surface area contributed by atoms with E-state index in [4.69, 9.17) is 11.6 Å². The molecule has 110 valence electrons. The Morgan fingerprint density at radius 3 is 2.48 bits per heavy atom. The summed E-state index contributed by atoms with van der Waals surface area (Å²) < 4.78 is 0. The van der Waals surface area contributed by atoms with E-state index in [0.717, 1.165) is 5.02 Å². The third-order valence-electron chi connectivity index (χ3n) is 5.05. The first-order valence-corrected chi connectivity index (χ1v) is 8.35. The maximum Gasteiger partial charge on any atom is 0.0412 e. The lowest BCUT2D eigenvalue weighted by molar-refractivity contribution is 0.993. The lowest BCUT2D eigenvalue weighted by Gasteiger charge is -2.11. The van der Waals surface area contributed by atoms with Crippen molar-refractivity contribution in [2.75, 3.05) is 0 Å². The van der Waals surface area contributed by atoms with Crippen molar-refractivity contribution in [3.8, 4) is 0 Å². The fraction of sp³-hybridized carbons (Fsp3) is 0.0909. The third kappa shape index (κ3) is 1.85. The van der Waals surface area contributed by atoms with Crippen molar-refractivity contribution >= 4 is 50.0 Å². The largest absolute Gasteiger partial charge is 0.0843 e. The minimum Gasteiger partial charge on any atom is -0.0843 e. The number of fused-ring (bicyclic) bond motifs is 6. The van der Waals surface area contributed by atoms with Crippen LogP contribution in [0, 0.1) is 0 Å². The van der Waals surface area contributed by atoms with Crippen molar-refractivity contribution in [3.05, 3.63) is 76.8 Å². The molecule has 0 saturated heterocycles. The first-order valence-electron chi connectivity index (χ1n) is 7.97. The van der Waals surface area contributed by atoms with Gasteiger partial charge in [0.15, 0.2) is 0 Å². The monoisotopic (exact) mass is 314 g/mol. The Balaban J connectivity index is 1.92. The average molecular weight is 315 g/mol. The molecule has 0 amide bonds. The van der Waals surface area contributed by atoms with Gasteiger partial charge in [-0.05, 0) is 73.6 Å². The highest BCUT2D eigenvalue weighted by atomic mass is 35.5. The fourth-order valence-electron chi connectivity index (χ4n) is 3.83. The van der Waals surface area contributed by atoms with Gasteiger partial charge in [-0.25, -0.2) is 0 Å². The SMILES string of the molecule is CC1C=Cc2c1ccc1c2ccc2cc3cc(Cl)ccc3cc21. The van der Waals surface area contributed by atoms with Gasteiger partial charge in [0.25, 0.3) is 0 Å². The van der Waals surface area contributed by atoms with E-state index < -0.39 is 0 Å². The number of hydrogen-bond donors (Lipinski definition) is 0. The molecule has 0 N–H and O–H groups in total. The number of allylic oxidation sites excluding steroid dienone is 1. The molecule has 0 saturated carbocycles. The van der Waals surface area contributed by atoms with Crippen LogP contribution in [0.1, 0.15) is 24.0 Å². The zero-order chi connectivity index (χ0) is 15.6. The van der Waals surface area contributed by atoms with Gasteiger partial charge >= 0.3 is 0 Å². The van der Waals surface area contributed by atoms with E-state index in [0.29, 0.717) is 5.92 Å². The van der Waals surface area contributed by atoms with Crippen LogP contribution in [0.4, 0.5) is 0 Å². The van der Waals surface area contributed by atoms with Crippen LogP contribution in [0.5, 0.6) is 0 Å². The predicted molar refractivity (Wildman–Crippen MR) is 101 cm³/mol. The highest BCUT2D eigenvalue weighted by molar-refractivity contribution is 6.31. The van der Waals surface area contributed by atoms with Crippen LogP contribution >= 0.6 is 11.6 Å². The average Bonchev–Trinajstić information content (AvgIpc) is 2.94. The predicted octanol–water partition coefficient (Wildman–Crippen LogP) is 6.93. The first kappa shape index (κ1) is 13.2. The molecular weight excluding hydrogens is 300 g/mol. The summed E-state index contributed by atoms with van der Waals surface area (Å²) in [6, 6.07) is 19.7. The quantitative estimate of drug-likeness (QED) is 0.244. The van der Waals surface area contributed by atoms with Crippen molar-refractivity contribution in [1.82, 2.24) is 0 Å². The molecule has 5 rings (SSSR count). The van der Waals surface area contributed by atoms with E-state index in [2.05, 4.69) is 61.5 Å². The molecule has 4 aromatic rings. The number of halogens is 1. The van der Waals surface area contributed by atoms with E-state index >= 15 is 0 Å². The van der Waals surface area contributed by atoms with Crippen molar-refractivity contribution in [1.29, 1.82) is 0 Å². The highest BCUT2D eigenvalue weighted by Gasteiger charge is 2.16. The summed E-state index contributed by atoms with van der Waals surface area (Å²) in [4.78, 5) is 0. The highest BCUT2D eigenvalue weighted by Crippen LogP contribution is 2.38. The number of rotatable bonds is 0. The summed E-state index contributed by atoms with van der Waals surface area (Å²) in [5.74, 6) is 0.517. The Kier molecular flexibility index (Phi) is 2.63. The number of benzene rings is 4. The molecule has 1 unspecified atom stereocenters. The van der Waals surface area contributed by atoms with Gasteiger partial charge in [-0.3, -0.25) is 0 Å². The van der Waals surface area contributed by atoms with Gasteiger partial charge < -0.3 is 0 Å². The Bertz CT molecular complexity index is 1140. The summed E-state index contributed by atoms with van der Waals surface area (Å²) in [6.45, 7) is 2.26. The van der Waals surface area contributed by atoms with Crippen LogP contribution in [-0.2, 0) is 0 Å². The third-order valence-corrected chi connectivity index (χ3v) is 5.29. The summed E-state index contributed by atoms with van der Waals surface area (Å²) in [5.41, 5.74) is 2.82. The van der Waals surface area contributed by atoms with E-state index in [-0.39, 0.29) is 0 Å². The van der Waals surface area contributed by atoms with Gasteiger partial charge in [0.05, 0.1) is 0 Å². The standard InChI is InChI=1S/C22H15Cl/c1-13-2-6-19-18(13)8-9-21-20(19)7-4-15-10-16-11-17(23)5-3-14(16)12-22(15)21/h2-13H,1H3. The van der Waals surface area contributed by atoms with Gasteiger partial charge in [-0.1, -0.05) is 61.0 Å². The lowest BCUT2D eigenvalue weighted by atomic mass is 9.93. The molecule has 0 fully saturated rings. The second kappa shape index (κ2) is 4.59. The Labute approximate surface area is 140 Å². The zero-order valence-corrected chi connectivity index (χ0v) is 13.6. The van der Waals surface area contributed by atoms with Gasteiger partial charge in [0.1, 0.15) is 0 Å². The maximum absolute atomic E-state index is 6.13. The minimum absolute atomic E-state index is 0.517. The van der Waals surface area contributed by atoms with Crippen LogP contribution in [0.3, 0.4) is 0 Å². The normalized spacial score (nSPS) is 16.5. The van der Waals surface area contributed by atoms with Crippen molar-refractivity contribution in [2.45, 2.75) is 12.8 Å². The zero-order valence-electron chi connectivity index (χ0n) is 12.8. The van der Waals surface area contributed by atoms with E-state index in [1.807, 2.05) is 12.1 Å². The van der Waals surface area contributed by atoms with Gasteiger partial charge in [-0.15, -0.1) is 0 Å². The molecule has 1 atom stereocenters. The van der Waals surface area contributed by atoms with Crippen LogP contribution in [0.25, 0.3) is 38.4 Å². The molecule has 23 heavy (non-hydrogen) atoms.